The van der Waals surface area contributed by atoms with Gasteiger partial charge in [0.05, 0.1) is 6.54 Å². The van der Waals surface area contributed by atoms with Crippen molar-refractivity contribution < 1.29 is 9.59 Å². The highest BCUT2D eigenvalue weighted by molar-refractivity contribution is 5.81. The van der Waals surface area contributed by atoms with Gasteiger partial charge < -0.3 is 11.1 Å². The zero-order valence-electron chi connectivity index (χ0n) is 11.8. The quantitative estimate of drug-likeness (QED) is 0.764. The second-order valence-electron chi connectivity index (χ2n) is 6.42. The van der Waals surface area contributed by atoms with Crippen molar-refractivity contribution in [3.8, 4) is 0 Å². The van der Waals surface area contributed by atoms with Crippen molar-refractivity contribution >= 4 is 11.8 Å². The van der Waals surface area contributed by atoms with Crippen molar-refractivity contribution in [2.45, 2.75) is 40.2 Å². The van der Waals surface area contributed by atoms with Crippen LogP contribution in [0, 0.1) is 11.3 Å². The van der Waals surface area contributed by atoms with Gasteiger partial charge in [0, 0.05) is 24.5 Å². The van der Waals surface area contributed by atoms with Gasteiger partial charge in [-0.1, -0.05) is 27.7 Å². The minimum atomic E-state index is -0.380. The minimum absolute atomic E-state index is 0.0561. The topological polar surface area (TPSA) is 75.4 Å². The Balaban J connectivity index is 2.56. The number of carbonyl (C=O) groups is 2. The number of carbonyl (C=O) groups excluding carboxylic acids is 2. The molecule has 0 aromatic carbocycles. The van der Waals surface area contributed by atoms with Crippen LogP contribution in [0.25, 0.3) is 0 Å². The molecule has 2 atom stereocenters. The summed E-state index contributed by atoms with van der Waals surface area (Å²) >= 11 is 0. The Morgan fingerprint density at radius 1 is 1.33 bits per heavy atom. The molecule has 0 aromatic heterocycles. The second-order valence-corrected chi connectivity index (χ2v) is 6.42. The summed E-state index contributed by atoms with van der Waals surface area (Å²) in [7, 11) is 0. The zero-order valence-corrected chi connectivity index (χ0v) is 11.8. The number of piperidine rings is 1. The molecule has 5 nitrogen and oxygen atoms in total. The Morgan fingerprint density at radius 2 is 1.94 bits per heavy atom. The number of nitrogens with zero attached hydrogens (tertiary/aromatic N) is 1. The highest BCUT2D eigenvalue weighted by Crippen LogP contribution is 2.19. The summed E-state index contributed by atoms with van der Waals surface area (Å²) < 4.78 is 0. The molecule has 1 aliphatic rings. The van der Waals surface area contributed by atoms with Crippen LogP contribution in [-0.2, 0) is 9.59 Å². The molecule has 1 rings (SSSR count). The number of rotatable bonds is 3. The van der Waals surface area contributed by atoms with Gasteiger partial charge in [-0.3, -0.25) is 14.5 Å². The first-order chi connectivity index (χ1) is 8.18. The van der Waals surface area contributed by atoms with Crippen molar-refractivity contribution in [2.24, 2.45) is 17.1 Å². The molecular formula is C13H25N3O2. The normalized spacial score (nSPS) is 25.8. The van der Waals surface area contributed by atoms with E-state index in [-0.39, 0.29) is 29.8 Å². The number of hydrogen-bond acceptors (Lipinski definition) is 3. The summed E-state index contributed by atoms with van der Waals surface area (Å²) in [5.41, 5.74) is 4.84. The van der Waals surface area contributed by atoms with Crippen LogP contribution in [0.15, 0.2) is 0 Å². The summed E-state index contributed by atoms with van der Waals surface area (Å²) in [5, 5.41) is 3.06. The van der Waals surface area contributed by atoms with Gasteiger partial charge in [0.25, 0.3) is 0 Å². The van der Waals surface area contributed by atoms with Crippen molar-refractivity contribution in [3.63, 3.8) is 0 Å². The molecule has 0 spiro atoms. The first-order valence-electron chi connectivity index (χ1n) is 6.50. The van der Waals surface area contributed by atoms with E-state index in [1.54, 1.807) is 0 Å². The Labute approximate surface area is 109 Å². The summed E-state index contributed by atoms with van der Waals surface area (Å²) in [6.07, 6.45) is 0.955. The third-order valence-electron chi connectivity index (χ3n) is 3.13. The summed E-state index contributed by atoms with van der Waals surface area (Å²) in [5.74, 6) is 0.203. The van der Waals surface area contributed by atoms with Crippen LogP contribution in [0.1, 0.15) is 34.1 Å². The second kappa shape index (κ2) is 5.69. The van der Waals surface area contributed by atoms with Gasteiger partial charge in [-0.25, -0.2) is 0 Å². The smallest absolute Gasteiger partial charge is 0.231 e. The molecule has 0 aromatic rings. The largest absolute Gasteiger partial charge is 0.369 e. The van der Waals surface area contributed by atoms with Gasteiger partial charge in [0.1, 0.15) is 0 Å². The van der Waals surface area contributed by atoms with E-state index in [0.29, 0.717) is 12.5 Å². The van der Waals surface area contributed by atoms with Gasteiger partial charge in [-0.2, -0.15) is 0 Å². The fourth-order valence-electron chi connectivity index (χ4n) is 2.32. The van der Waals surface area contributed by atoms with E-state index in [4.69, 9.17) is 5.73 Å². The number of nitrogens with one attached hydrogen (secondary N) is 1. The fraction of sp³-hybridized carbons (Fsp3) is 0.846. The maximum atomic E-state index is 11.9. The molecule has 1 heterocycles. The van der Waals surface area contributed by atoms with Crippen molar-refractivity contribution in [3.05, 3.63) is 0 Å². The van der Waals surface area contributed by atoms with Crippen molar-refractivity contribution in [1.82, 2.24) is 10.2 Å². The van der Waals surface area contributed by atoms with Gasteiger partial charge in [0.15, 0.2) is 0 Å². The lowest BCUT2D eigenvalue weighted by Crippen LogP contribution is -2.53. The van der Waals surface area contributed by atoms with Gasteiger partial charge in [-0.05, 0) is 12.3 Å². The molecule has 104 valence electrons. The Bertz CT molecular complexity index is 323. The number of hydrogen-bond donors (Lipinski definition) is 2. The van der Waals surface area contributed by atoms with Gasteiger partial charge in [-0.15, -0.1) is 0 Å². The average Bonchev–Trinajstić information content (AvgIpc) is 2.13. The molecule has 1 aliphatic heterocycles. The molecule has 1 fully saturated rings. The van der Waals surface area contributed by atoms with E-state index in [2.05, 4.69) is 12.2 Å². The third kappa shape index (κ3) is 4.64. The van der Waals surface area contributed by atoms with E-state index in [0.717, 1.165) is 13.0 Å². The van der Waals surface area contributed by atoms with Crippen LogP contribution >= 0.6 is 0 Å². The Hall–Kier alpha value is -1.10. The van der Waals surface area contributed by atoms with Crippen LogP contribution in [0.2, 0.25) is 0 Å². The molecule has 0 aliphatic carbocycles. The molecule has 0 saturated carbocycles. The molecule has 3 N–H and O–H groups in total. The number of nitrogens with two attached hydrogens (primary N) is 1. The lowest BCUT2D eigenvalue weighted by atomic mass is 9.92. The molecule has 18 heavy (non-hydrogen) atoms. The molecular weight excluding hydrogens is 230 g/mol. The summed E-state index contributed by atoms with van der Waals surface area (Å²) in [6.45, 7) is 9.66. The van der Waals surface area contributed by atoms with E-state index >= 15 is 0 Å². The number of likely N-dealkylation sites (tertiary alicyclic amines) is 1. The SMILES string of the molecule is CC1CC(NC(=O)C(C)(C)C)CN(CC(N)=O)C1. The molecule has 2 unspecified atom stereocenters. The third-order valence-corrected chi connectivity index (χ3v) is 3.13. The fourth-order valence-corrected chi connectivity index (χ4v) is 2.32. The average molecular weight is 255 g/mol. The van der Waals surface area contributed by atoms with Gasteiger partial charge in [0.2, 0.25) is 11.8 Å². The molecule has 2 amide bonds. The Kier molecular flexibility index (Phi) is 4.73. The van der Waals surface area contributed by atoms with E-state index in [1.165, 1.54) is 0 Å². The van der Waals surface area contributed by atoms with Crippen LogP contribution in [0.4, 0.5) is 0 Å². The maximum absolute atomic E-state index is 11.9. The lowest BCUT2D eigenvalue weighted by Gasteiger charge is -2.37. The van der Waals surface area contributed by atoms with Crippen LogP contribution in [0.5, 0.6) is 0 Å². The first-order valence-corrected chi connectivity index (χ1v) is 6.50. The maximum Gasteiger partial charge on any atom is 0.231 e. The molecule has 0 radical (unpaired) electrons. The van der Waals surface area contributed by atoms with Crippen LogP contribution < -0.4 is 11.1 Å². The predicted molar refractivity (Wildman–Crippen MR) is 70.8 cm³/mol. The van der Waals surface area contributed by atoms with Gasteiger partial charge >= 0.3 is 0 Å². The minimum Gasteiger partial charge on any atom is -0.369 e. The van der Waals surface area contributed by atoms with Crippen LogP contribution in [-0.4, -0.2) is 42.4 Å². The van der Waals surface area contributed by atoms with Crippen LogP contribution in [0.3, 0.4) is 0 Å². The summed E-state index contributed by atoms with van der Waals surface area (Å²) in [4.78, 5) is 24.9. The first kappa shape index (κ1) is 15.0. The molecule has 5 heteroatoms. The predicted octanol–water partition coefficient (Wildman–Crippen LogP) is 0.344. The number of primary amides is 1. The number of amides is 2. The standard InChI is InChI=1S/C13H25N3O2/c1-9-5-10(15-12(18)13(2,3)4)7-16(6-9)8-11(14)17/h9-10H,5-8H2,1-4H3,(H2,14,17)(H,15,18). The molecule has 0 bridgehead atoms. The monoisotopic (exact) mass is 255 g/mol. The lowest BCUT2D eigenvalue weighted by molar-refractivity contribution is -0.129. The highest BCUT2D eigenvalue weighted by atomic mass is 16.2. The molecule has 1 saturated heterocycles. The van der Waals surface area contributed by atoms with E-state index < -0.39 is 0 Å². The summed E-state index contributed by atoms with van der Waals surface area (Å²) in [6, 6.07) is 0.111. The van der Waals surface area contributed by atoms with E-state index in [1.807, 2.05) is 25.7 Å². The zero-order chi connectivity index (χ0) is 13.9. The highest BCUT2D eigenvalue weighted by Gasteiger charge is 2.29. The van der Waals surface area contributed by atoms with Crippen molar-refractivity contribution in [1.29, 1.82) is 0 Å². The Morgan fingerprint density at radius 3 is 2.44 bits per heavy atom. The van der Waals surface area contributed by atoms with Crippen molar-refractivity contribution in [2.75, 3.05) is 19.6 Å². The van der Waals surface area contributed by atoms with E-state index in [9.17, 15) is 9.59 Å².